The van der Waals surface area contributed by atoms with Crippen molar-refractivity contribution < 1.29 is 13.6 Å². The summed E-state index contributed by atoms with van der Waals surface area (Å²) in [6, 6.07) is 19.4. The minimum absolute atomic E-state index is 0.233. The van der Waals surface area contributed by atoms with Gasteiger partial charge in [0.2, 0.25) is 0 Å². The highest BCUT2D eigenvalue weighted by molar-refractivity contribution is 6.04. The zero-order chi connectivity index (χ0) is 23.4. The van der Waals surface area contributed by atoms with Crippen molar-refractivity contribution in [1.82, 2.24) is 9.97 Å². The molecular weight excluding hydrogens is 424 g/mol. The van der Waals surface area contributed by atoms with Crippen LogP contribution in [0.5, 0.6) is 0 Å². The molecule has 0 spiro atoms. The Labute approximate surface area is 189 Å². The molecule has 1 aromatic heterocycles. The number of carbonyl (C=O) groups is 1. The van der Waals surface area contributed by atoms with Gasteiger partial charge in [0.05, 0.1) is 5.56 Å². The number of amides is 1. The second-order valence-corrected chi connectivity index (χ2v) is 7.46. The highest BCUT2D eigenvalue weighted by Gasteiger charge is 2.13. The van der Waals surface area contributed by atoms with Gasteiger partial charge < -0.3 is 16.0 Å². The van der Waals surface area contributed by atoms with Gasteiger partial charge in [-0.2, -0.15) is 0 Å². The molecule has 0 aliphatic rings. The molecular formula is C25H21F2N5O. The summed E-state index contributed by atoms with van der Waals surface area (Å²) in [7, 11) is 0. The van der Waals surface area contributed by atoms with E-state index in [2.05, 4.69) is 25.9 Å². The van der Waals surface area contributed by atoms with E-state index in [0.29, 0.717) is 29.2 Å². The van der Waals surface area contributed by atoms with Gasteiger partial charge in [0.1, 0.15) is 29.1 Å². The molecule has 0 aliphatic carbocycles. The van der Waals surface area contributed by atoms with E-state index in [1.807, 2.05) is 31.2 Å². The van der Waals surface area contributed by atoms with E-state index in [-0.39, 0.29) is 5.56 Å². The van der Waals surface area contributed by atoms with E-state index in [1.54, 1.807) is 37.3 Å². The van der Waals surface area contributed by atoms with Gasteiger partial charge in [-0.15, -0.1) is 0 Å². The quantitative estimate of drug-likeness (QED) is 0.334. The first-order valence-corrected chi connectivity index (χ1v) is 10.2. The molecule has 0 atom stereocenters. The lowest BCUT2D eigenvalue weighted by Gasteiger charge is -2.11. The van der Waals surface area contributed by atoms with Crippen molar-refractivity contribution in [3.8, 4) is 0 Å². The first kappa shape index (κ1) is 21.9. The second kappa shape index (κ2) is 9.44. The number of carbonyl (C=O) groups excluding carboxylic acids is 1. The topological polar surface area (TPSA) is 78.9 Å². The average molecular weight is 445 g/mol. The van der Waals surface area contributed by atoms with Gasteiger partial charge in [0, 0.05) is 29.2 Å². The molecule has 3 N–H and O–H groups in total. The Morgan fingerprint density at radius 1 is 0.727 bits per heavy atom. The Kier molecular flexibility index (Phi) is 6.26. The Morgan fingerprint density at radius 3 is 1.85 bits per heavy atom. The summed E-state index contributed by atoms with van der Waals surface area (Å²) in [6.07, 6.45) is 0. The number of nitrogens with zero attached hydrogens (tertiary/aromatic N) is 2. The van der Waals surface area contributed by atoms with Crippen LogP contribution in [0, 0.1) is 25.5 Å². The van der Waals surface area contributed by atoms with E-state index in [9.17, 15) is 13.6 Å². The summed E-state index contributed by atoms with van der Waals surface area (Å²) >= 11 is 0. The number of hydrogen-bond acceptors (Lipinski definition) is 5. The Hall–Kier alpha value is -4.33. The maximum atomic E-state index is 13.8. The fourth-order valence-corrected chi connectivity index (χ4v) is 3.14. The smallest absolute Gasteiger partial charge is 0.258 e. The third kappa shape index (κ3) is 5.68. The van der Waals surface area contributed by atoms with Crippen LogP contribution in [0.3, 0.4) is 0 Å². The van der Waals surface area contributed by atoms with Gasteiger partial charge in [0.15, 0.2) is 0 Å². The van der Waals surface area contributed by atoms with Crippen LogP contribution >= 0.6 is 0 Å². The molecule has 3 aromatic carbocycles. The number of aromatic nitrogens is 2. The van der Waals surface area contributed by atoms with Crippen LogP contribution in [-0.2, 0) is 0 Å². The molecule has 0 saturated heterocycles. The minimum Gasteiger partial charge on any atom is -0.340 e. The van der Waals surface area contributed by atoms with E-state index < -0.39 is 17.5 Å². The Morgan fingerprint density at radius 2 is 1.27 bits per heavy atom. The lowest BCUT2D eigenvalue weighted by atomic mass is 10.2. The lowest BCUT2D eigenvalue weighted by Crippen LogP contribution is -2.13. The molecule has 0 bridgehead atoms. The van der Waals surface area contributed by atoms with E-state index in [0.717, 1.165) is 23.5 Å². The van der Waals surface area contributed by atoms with Crippen LogP contribution in [0.2, 0.25) is 0 Å². The zero-order valence-electron chi connectivity index (χ0n) is 18.0. The molecule has 8 heteroatoms. The maximum absolute atomic E-state index is 13.8. The highest BCUT2D eigenvalue weighted by Crippen LogP contribution is 2.22. The molecule has 33 heavy (non-hydrogen) atoms. The third-order valence-electron chi connectivity index (χ3n) is 4.75. The molecule has 1 heterocycles. The molecule has 0 unspecified atom stereocenters. The van der Waals surface area contributed by atoms with E-state index in [4.69, 9.17) is 0 Å². The standard InChI is InChI=1S/C25H21F2N5O/c1-15-3-6-18(7-4-15)30-23-14-24(29-16(2)28-23)31-19-8-10-20(11-9-19)32-25(33)21-12-5-17(26)13-22(21)27/h3-14H,1-2H3,(H,32,33)(H2,28,29,30,31). The number of nitrogens with one attached hydrogen (secondary N) is 3. The van der Waals surface area contributed by atoms with Gasteiger partial charge in [-0.05, 0) is 62.4 Å². The second-order valence-electron chi connectivity index (χ2n) is 7.46. The Balaban J connectivity index is 1.43. The number of hydrogen-bond donors (Lipinski definition) is 3. The number of anilines is 5. The van der Waals surface area contributed by atoms with Crippen molar-refractivity contribution in [1.29, 1.82) is 0 Å². The number of benzene rings is 3. The van der Waals surface area contributed by atoms with Crippen LogP contribution in [0.4, 0.5) is 37.5 Å². The summed E-state index contributed by atoms with van der Waals surface area (Å²) in [6.45, 7) is 3.83. The molecule has 166 valence electrons. The fourth-order valence-electron chi connectivity index (χ4n) is 3.14. The van der Waals surface area contributed by atoms with Gasteiger partial charge in [-0.25, -0.2) is 18.7 Å². The molecule has 1 amide bonds. The third-order valence-corrected chi connectivity index (χ3v) is 4.75. The van der Waals surface area contributed by atoms with E-state index >= 15 is 0 Å². The van der Waals surface area contributed by atoms with Crippen LogP contribution < -0.4 is 16.0 Å². The normalized spacial score (nSPS) is 10.5. The summed E-state index contributed by atoms with van der Waals surface area (Å²) in [5.74, 6) is -0.468. The van der Waals surface area contributed by atoms with Gasteiger partial charge >= 0.3 is 0 Å². The van der Waals surface area contributed by atoms with Crippen molar-refractivity contribution >= 4 is 34.6 Å². The molecule has 0 fully saturated rings. The minimum atomic E-state index is -0.917. The average Bonchev–Trinajstić information content (AvgIpc) is 2.76. The molecule has 0 aliphatic heterocycles. The van der Waals surface area contributed by atoms with Gasteiger partial charge in [-0.1, -0.05) is 17.7 Å². The Bertz CT molecular complexity index is 1290. The lowest BCUT2D eigenvalue weighted by molar-refractivity contribution is 0.102. The number of halogens is 2. The van der Waals surface area contributed by atoms with Crippen molar-refractivity contribution in [2.24, 2.45) is 0 Å². The van der Waals surface area contributed by atoms with Gasteiger partial charge in [0.25, 0.3) is 5.91 Å². The summed E-state index contributed by atoms with van der Waals surface area (Å²) < 4.78 is 26.8. The van der Waals surface area contributed by atoms with Crippen LogP contribution in [-0.4, -0.2) is 15.9 Å². The predicted molar refractivity (Wildman–Crippen MR) is 125 cm³/mol. The van der Waals surface area contributed by atoms with Gasteiger partial charge in [-0.3, -0.25) is 4.79 Å². The SMILES string of the molecule is Cc1ccc(Nc2cc(Nc3ccc(NC(=O)c4ccc(F)cc4F)cc3)nc(C)n2)cc1. The largest absolute Gasteiger partial charge is 0.340 e. The maximum Gasteiger partial charge on any atom is 0.258 e. The molecule has 4 rings (SSSR count). The van der Waals surface area contributed by atoms with Crippen molar-refractivity contribution in [2.45, 2.75) is 13.8 Å². The van der Waals surface area contributed by atoms with Crippen LogP contribution in [0.25, 0.3) is 0 Å². The first-order valence-electron chi connectivity index (χ1n) is 10.2. The van der Waals surface area contributed by atoms with E-state index in [1.165, 1.54) is 5.56 Å². The zero-order valence-corrected chi connectivity index (χ0v) is 18.0. The summed E-state index contributed by atoms with van der Waals surface area (Å²) in [4.78, 5) is 21.1. The number of aryl methyl sites for hydroxylation is 2. The molecule has 6 nitrogen and oxygen atoms in total. The predicted octanol–water partition coefficient (Wildman–Crippen LogP) is 6.11. The van der Waals surface area contributed by atoms with Crippen LogP contribution in [0.15, 0.2) is 72.8 Å². The fraction of sp³-hybridized carbons (Fsp3) is 0.0800. The molecule has 0 saturated carbocycles. The summed E-state index contributed by atoms with van der Waals surface area (Å²) in [5, 5.41) is 9.06. The molecule has 0 radical (unpaired) electrons. The number of rotatable bonds is 6. The summed E-state index contributed by atoms with van der Waals surface area (Å²) in [5.41, 5.74) is 3.06. The van der Waals surface area contributed by atoms with Crippen molar-refractivity contribution in [3.63, 3.8) is 0 Å². The van der Waals surface area contributed by atoms with Crippen molar-refractivity contribution in [2.75, 3.05) is 16.0 Å². The van der Waals surface area contributed by atoms with Crippen molar-refractivity contribution in [3.05, 3.63) is 101 Å². The highest BCUT2D eigenvalue weighted by atomic mass is 19.1. The first-order chi connectivity index (χ1) is 15.9. The monoisotopic (exact) mass is 445 g/mol. The van der Waals surface area contributed by atoms with Crippen LogP contribution in [0.1, 0.15) is 21.7 Å². The molecule has 4 aromatic rings.